The van der Waals surface area contributed by atoms with Crippen molar-refractivity contribution in [3.63, 3.8) is 0 Å². The Kier molecular flexibility index (Phi) is 7.43. The summed E-state index contributed by atoms with van der Waals surface area (Å²) in [5, 5.41) is 2.20. The van der Waals surface area contributed by atoms with Gasteiger partial charge in [-0.25, -0.2) is 4.79 Å². The molecule has 0 saturated carbocycles. The fourth-order valence-electron chi connectivity index (χ4n) is 2.19. The highest BCUT2D eigenvalue weighted by atomic mass is 32.2. The van der Waals surface area contributed by atoms with E-state index in [1.165, 1.54) is 24.9 Å². The van der Waals surface area contributed by atoms with Gasteiger partial charge in [0.1, 0.15) is 5.25 Å². The van der Waals surface area contributed by atoms with Crippen molar-refractivity contribution < 1.29 is 23.9 Å². The Hall–Kier alpha value is -2.80. The SMILES string of the molecule is COC(=O)c1ccc(C)c(NC(=O)COC(=O)[C@@H](C)Sc2ccccc2)c1. The maximum absolute atomic E-state index is 12.1. The summed E-state index contributed by atoms with van der Waals surface area (Å²) in [6.45, 7) is 3.11. The summed E-state index contributed by atoms with van der Waals surface area (Å²) in [6, 6.07) is 14.3. The van der Waals surface area contributed by atoms with E-state index in [0.29, 0.717) is 11.3 Å². The first-order chi connectivity index (χ1) is 12.9. The highest BCUT2D eigenvalue weighted by Gasteiger charge is 2.18. The molecule has 0 radical (unpaired) electrons. The van der Waals surface area contributed by atoms with E-state index in [2.05, 4.69) is 10.1 Å². The zero-order valence-corrected chi connectivity index (χ0v) is 16.2. The van der Waals surface area contributed by atoms with Crippen molar-refractivity contribution in [3.05, 3.63) is 59.7 Å². The zero-order chi connectivity index (χ0) is 19.8. The highest BCUT2D eigenvalue weighted by Crippen LogP contribution is 2.23. The molecule has 0 spiro atoms. The molecule has 1 N–H and O–H groups in total. The van der Waals surface area contributed by atoms with E-state index in [0.717, 1.165) is 10.5 Å². The minimum Gasteiger partial charge on any atom is -0.465 e. The van der Waals surface area contributed by atoms with Crippen LogP contribution in [0.1, 0.15) is 22.8 Å². The number of methoxy groups -OCH3 is 1. The number of aryl methyl sites for hydroxylation is 1. The fraction of sp³-hybridized carbons (Fsp3) is 0.250. The van der Waals surface area contributed by atoms with Crippen molar-refractivity contribution in [2.45, 2.75) is 24.0 Å². The predicted octanol–water partition coefficient (Wildman–Crippen LogP) is 3.44. The van der Waals surface area contributed by atoms with Gasteiger partial charge in [0.2, 0.25) is 0 Å². The smallest absolute Gasteiger partial charge is 0.337 e. The van der Waals surface area contributed by atoms with E-state index in [9.17, 15) is 14.4 Å². The maximum Gasteiger partial charge on any atom is 0.337 e. The van der Waals surface area contributed by atoms with E-state index in [1.807, 2.05) is 30.3 Å². The monoisotopic (exact) mass is 387 g/mol. The first-order valence-corrected chi connectivity index (χ1v) is 9.16. The topological polar surface area (TPSA) is 81.7 Å². The summed E-state index contributed by atoms with van der Waals surface area (Å²) in [4.78, 5) is 36.7. The minimum absolute atomic E-state index is 0.322. The number of rotatable bonds is 7. The molecule has 1 amide bonds. The third-order valence-electron chi connectivity index (χ3n) is 3.67. The first kappa shape index (κ1) is 20.5. The maximum atomic E-state index is 12.1. The highest BCUT2D eigenvalue weighted by molar-refractivity contribution is 8.00. The van der Waals surface area contributed by atoms with Gasteiger partial charge < -0.3 is 14.8 Å². The van der Waals surface area contributed by atoms with Gasteiger partial charge in [-0.05, 0) is 43.7 Å². The van der Waals surface area contributed by atoms with Crippen LogP contribution in [0.4, 0.5) is 5.69 Å². The van der Waals surface area contributed by atoms with Crippen molar-refractivity contribution in [2.75, 3.05) is 19.0 Å². The lowest BCUT2D eigenvalue weighted by Gasteiger charge is -2.12. The van der Waals surface area contributed by atoms with Crippen LogP contribution in [-0.2, 0) is 19.1 Å². The van der Waals surface area contributed by atoms with E-state index in [1.54, 1.807) is 26.0 Å². The molecule has 0 aliphatic carbocycles. The summed E-state index contributed by atoms with van der Waals surface area (Å²) in [6.07, 6.45) is 0. The molecule has 27 heavy (non-hydrogen) atoms. The Labute approximate surface area is 162 Å². The van der Waals surface area contributed by atoms with Gasteiger partial charge in [-0.3, -0.25) is 9.59 Å². The second-order valence-corrected chi connectivity index (χ2v) is 7.16. The number of hydrogen-bond donors (Lipinski definition) is 1. The third-order valence-corrected chi connectivity index (χ3v) is 4.76. The van der Waals surface area contributed by atoms with Gasteiger partial charge in [-0.15, -0.1) is 11.8 Å². The molecule has 0 saturated heterocycles. The van der Waals surface area contributed by atoms with E-state index < -0.39 is 29.7 Å². The van der Waals surface area contributed by atoms with Gasteiger partial charge in [0.05, 0.1) is 12.7 Å². The van der Waals surface area contributed by atoms with E-state index >= 15 is 0 Å². The van der Waals surface area contributed by atoms with Crippen LogP contribution >= 0.6 is 11.8 Å². The summed E-state index contributed by atoms with van der Waals surface area (Å²) in [7, 11) is 1.29. The van der Waals surface area contributed by atoms with Crippen LogP contribution in [0.5, 0.6) is 0 Å². The van der Waals surface area contributed by atoms with Crippen LogP contribution in [0.15, 0.2) is 53.4 Å². The lowest BCUT2D eigenvalue weighted by atomic mass is 10.1. The van der Waals surface area contributed by atoms with Gasteiger partial charge >= 0.3 is 11.9 Å². The largest absolute Gasteiger partial charge is 0.465 e. The summed E-state index contributed by atoms with van der Waals surface area (Å²) >= 11 is 1.36. The number of thioether (sulfide) groups is 1. The van der Waals surface area contributed by atoms with Gasteiger partial charge in [0.15, 0.2) is 6.61 Å². The Bertz CT molecular complexity index is 822. The quantitative estimate of drug-likeness (QED) is 0.579. The predicted molar refractivity (Wildman–Crippen MR) is 104 cm³/mol. The molecular weight excluding hydrogens is 366 g/mol. The Morgan fingerprint density at radius 2 is 1.81 bits per heavy atom. The van der Waals surface area contributed by atoms with Gasteiger partial charge in [-0.2, -0.15) is 0 Å². The van der Waals surface area contributed by atoms with Gasteiger partial charge in [0.25, 0.3) is 5.91 Å². The molecule has 0 fully saturated rings. The van der Waals surface area contributed by atoms with Gasteiger partial charge in [0, 0.05) is 10.6 Å². The Balaban J connectivity index is 1.88. The number of hydrogen-bond acceptors (Lipinski definition) is 6. The second kappa shape index (κ2) is 9.78. The molecule has 2 aromatic carbocycles. The number of nitrogens with one attached hydrogen (secondary N) is 1. The van der Waals surface area contributed by atoms with Crippen molar-refractivity contribution in [1.29, 1.82) is 0 Å². The Morgan fingerprint density at radius 1 is 1.11 bits per heavy atom. The number of benzene rings is 2. The molecule has 2 aromatic rings. The van der Waals surface area contributed by atoms with Crippen molar-refractivity contribution >= 4 is 35.3 Å². The van der Waals surface area contributed by atoms with Crippen LogP contribution in [0, 0.1) is 6.92 Å². The van der Waals surface area contributed by atoms with Crippen LogP contribution in [0.2, 0.25) is 0 Å². The molecule has 0 aliphatic heterocycles. The summed E-state index contributed by atoms with van der Waals surface area (Å²) in [5.74, 6) is -1.45. The Morgan fingerprint density at radius 3 is 2.48 bits per heavy atom. The number of anilines is 1. The third kappa shape index (κ3) is 6.14. The molecule has 1 atom stereocenters. The molecule has 2 rings (SSSR count). The van der Waals surface area contributed by atoms with Crippen molar-refractivity contribution in [2.24, 2.45) is 0 Å². The molecule has 0 unspecified atom stereocenters. The van der Waals surface area contributed by atoms with Crippen LogP contribution < -0.4 is 5.32 Å². The van der Waals surface area contributed by atoms with Gasteiger partial charge in [-0.1, -0.05) is 24.3 Å². The lowest BCUT2D eigenvalue weighted by molar-refractivity contribution is -0.146. The molecule has 0 heterocycles. The van der Waals surface area contributed by atoms with Crippen molar-refractivity contribution in [3.8, 4) is 0 Å². The molecule has 0 bridgehead atoms. The molecule has 142 valence electrons. The number of carbonyl (C=O) groups is 3. The van der Waals surface area contributed by atoms with E-state index in [4.69, 9.17) is 4.74 Å². The van der Waals surface area contributed by atoms with Crippen LogP contribution in [-0.4, -0.2) is 36.8 Å². The summed E-state index contributed by atoms with van der Waals surface area (Å²) < 4.78 is 9.75. The standard InChI is InChI=1S/C20H21NO5S/c1-13-9-10-15(20(24)25-3)11-17(13)21-18(22)12-26-19(23)14(2)27-16-7-5-4-6-8-16/h4-11,14H,12H2,1-3H3,(H,21,22)/t14-/m1/s1. The normalized spacial score (nSPS) is 11.4. The molecule has 0 aromatic heterocycles. The summed E-state index contributed by atoms with van der Waals surface area (Å²) in [5.41, 5.74) is 1.56. The molecule has 0 aliphatic rings. The zero-order valence-electron chi connectivity index (χ0n) is 15.4. The molecule has 7 heteroatoms. The van der Waals surface area contributed by atoms with Crippen molar-refractivity contribution in [1.82, 2.24) is 0 Å². The minimum atomic E-state index is -0.497. The first-order valence-electron chi connectivity index (χ1n) is 8.28. The fourth-order valence-corrected chi connectivity index (χ4v) is 3.08. The molecular formula is C20H21NO5S. The van der Waals surface area contributed by atoms with Crippen LogP contribution in [0.25, 0.3) is 0 Å². The number of carbonyl (C=O) groups excluding carboxylic acids is 3. The second-order valence-electron chi connectivity index (χ2n) is 5.75. The number of ether oxygens (including phenoxy) is 2. The average Bonchev–Trinajstić information content (AvgIpc) is 2.67. The van der Waals surface area contributed by atoms with E-state index in [-0.39, 0.29) is 0 Å². The lowest BCUT2D eigenvalue weighted by Crippen LogP contribution is -2.25. The molecule has 6 nitrogen and oxygen atoms in total. The average molecular weight is 387 g/mol. The number of amides is 1. The van der Waals surface area contributed by atoms with Crippen LogP contribution in [0.3, 0.4) is 0 Å². The number of esters is 2.